The fourth-order valence-corrected chi connectivity index (χ4v) is 4.69. The molecule has 0 bridgehead atoms. The number of aromatic nitrogens is 3. The van der Waals surface area contributed by atoms with Crippen LogP contribution in [0.2, 0.25) is 5.02 Å². The van der Waals surface area contributed by atoms with Gasteiger partial charge in [0.05, 0.1) is 34.6 Å². The van der Waals surface area contributed by atoms with Gasteiger partial charge in [0, 0.05) is 12.2 Å². The molecule has 0 radical (unpaired) electrons. The van der Waals surface area contributed by atoms with Crippen LogP contribution in [-0.2, 0) is 16.1 Å². The van der Waals surface area contributed by atoms with E-state index in [0.717, 1.165) is 6.42 Å². The largest absolute Gasteiger partial charge is 0.462 e. The van der Waals surface area contributed by atoms with Crippen LogP contribution in [0.15, 0.2) is 53.7 Å². The minimum Gasteiger partial charge on any atom is -0.462 e. The molecule has 2 N–H and O–H groups in total. The Morgan fingerprint density at radius 1 is 1.08 bits per heavy atom. The van der Waals surface area contributed by atoms with Crippen LogP contribution >= 0.6 is 23.4 Å². The summed E-state index contributed by atoms with van der Waals surface area (Å²) >= 11 is 7.45. The molecule has 202 valence electrons. The van der Waals surface area contributed by atoms with Gasteiger partial charge in [-0.2, -0.15) is 0 Å². The second-order valence-corrected chi connectivity index (χ2v) is 10.2. The molecule has 0 spiro atoms. The number of hydrogen-bond donors (Lipinski definition) is 2. The van der Waals surface area contributed by atoms with E-state index in [1.54, 1.807) is 48.5 Å². The number of esters is 1. The first-order chi connectivity index (χ1) is 18.2. The number of carbonyl (C=O) groups excluding carboxylic acids is 3. The lowest BCUT2D eigenvalue weighted by atomic mass is 10.0. The van der Waals surface area contributed by atoms with Crippen LogP contribution in [0.4, 0.5) is 5.69 Å². The van der Waals surface area contributed by atoms with E-state index in [-0.39, 0.29) is 23.5 Å². The molecule has 0 saturated heterocycles. The Hall–Kier alpha value is -3.37. The summed E-state index contributed by atoms with van der Waals surface area (Å²) in [5.74, 6) is -0.274. The van der Waals surface area contributed by atoms with Gasteiger partial charge in [-0.25, -0.2) is 4.79 Å². The normalized spacial score (nSPS) is 11.7. The molecule has 2 aromatic carbocycles. The first kappa shape index (κ1) is 29.2. The molecule has 2 amide bonds. The highest BCUT2D eigenvalue weighted by atomic mass is 35.5. The summed E-state index contributed by atoms with van der Waals surface area (Å²) in [6.07, 6.45) is 0.731. The molecule has 1 heterocycles. The van der Waals surface area contributed by atoms with Gasteiger partial charge in [-0.05, 0) is 49.6 Å². The van der Waals surface area contributed by atoms with Crippen molar-refractivity contribution in [3.05, 3.63) is 70.5 Å². The van der Waals surface area contributed by atoms with Gasteiger partial charge in [0.25, 0.3) is 5.91 Å². The second kappa shape index (κ2) is 14.0. The third kappa shape index (κ3) is 7.58. The average Bonchev–Trinajstić information content (AvgIpc) is 3.31. The van der Waals surface area contributed by atoms with Gasteiger partial charge < -0.3 is 19.9 Å². The third-order valence-electron chi connectivity index (χ3n) is 5.56. The summed E-state index contributed by atoms with van der Waals surface area (Å²) < 4.78 is 7.04. The standard InChI is InChI=1S/C27H32ClN5O4S/c1-5-14-37-26(36)18-10-9-11-19(15-18)29-22(34)16-38-27-32-31-24(33(27)6-2)23(17(3)4)30-25(35)20-12-7-8-13-21(20)28/h7-13,15,17,23H,5-6,14,16H2,1-4H3,(H,29,34)(H,30,35)/t23-/m1/s1. The molecule has 0 aliphatic rings. The smallest absolute Gasteiger partial charge is 0.338 e. The topological polar surface area (TPSA) is 115 Å². The van der Waals surface area contributed by atoms with E-state index in [1.807, 2.05) is 32.3 Å². The zero-order valence-corrected chi connectivity index (χ0v) is 23.4. The third-order valence-corrected chi connectivity index (χ3v) is 6.86. The Morgan fingerprint density at radius 3 is 2.53 bits per heavy atom. The fraction of sp³-hybridized carbons (Fsp3) is 0.370. The SMILES string of the molecule is CCCOC(=O)c1cccc(NC(=O)CSc2nnc([C@H](NC(=O)c3ccccc3Cl)C(C)C)n2CC)c1. The van der Waals surface area contributed by atoms with E-state index in [4.69, 9.17) is 16.3 Å². The molecule has 0 saturated carbocycles. The predicted molar refractivity (Wildman–Crippen MR) is 149 cm³/mol. The summed E-state index contributed by atoms with van der Waals surface area (Å²) in [6, 6.07) is 13.1. The molecule has 0 aliphatic carbocycles. The van der Waals surface area contributed by atoms with E-state index >= 15 is 0 Å². The summed E-state index contributed by atoms with van der Waals surface area (Å²) in [7, 11) is 0. The summed E-state index contributed by atoms with van der Waals surface area (Å²) in [5.41, 5.74) is 1.26. The van der Waals surface area contributed by atoms with Crippen molar-refractivity contribution in [2.45, 2.75) is 51.9 Å². The number of nitrogens with one attached hydrogen (secondary N) is 2. The predicted octanol–water partition coefficient (Wildman–Crippen LogP) is 5.38. The van der Waals surface area contributed by atoms with Crippen LogP contribution in [-0.4, -0.2) is 44.9 Å². The highest BCUT2D eigenvalue weighted by Crippen LogP contribution is 2.26. The number of ether oxygens (including phenoxy) is 1. The van der Waals surface area contributed by atoms with Crippen LogP contribution in [0.3, 0.4) is 0 Å². The van der Waals surface area contributed by atoms with Gasteiger partial charge in [-0.1, -0.05) is 62.3 Å². The van der Waals surface area contributed by atoms with E-state index in [1.165, 1.54) is 11.8 Å². The Morgan fingerprint density at radius 2 is 1.84 bits per heavy atom. The van der Waals surface area contributed by atoms with Crippen molar-refractivity contribution in [2.75, 3.05) is 17.7 Å². The maximum absolute atomic E-state index is 12.9. The lowest BCUT2D eigenvalue weighted by Crippen LogP contribution is -2.34. The Kier molecular flexibility index (Phi) is 10.7. The second-order valence-electron chi connectivity index (χ2n) is 8.81. The first-order valence-corrected chi connectivity index (χ1v) is 13.8. The van der Waals surface area contributed by atoms with Gasteiger partial charge in [0.2, 0.25) is 5.91 Å². The molecule has 1 atom stereocenters. The molecule has 38 heavy (non-hydrogen) atoms. The van der Waals surface area contributed by atoms with Gasteiger partial charge in [-0.3, -0.25) is 9.59 Å². The van der Waals surface area contributed by atoms with Gasteiger partial charge in [-0.15, -0.1) is 10.2 Å². The van der Waals surface area contributed by atoms with Gasteiger partial charge >= 0.3 is 5.97 Å². The molecule has 9 nitrogen and oxygen atoms in total. The molecule has 3 rings (SSSR count). The van der Waals surface area contributed by atoms with E-state index < -0.39 is 12.0 Å². The van der Waals surface area contributed by atoms with Crippen LogP contribution in [0.1, 0.15) is 66.7 Å². The Balaban J connectivity index is 1.67. The van der Waals surface area contributed by atoms with E-state index in [9.17, 15) is 14.4 Å². The van der Waals surface area contributed by atoms with Crippen molar-refractivity contribution in [1.29, 1.82) is 0 Å². The minimum atomic E-state index is -0.428. The summed E-state index contributed by atoms with van der Waals surface area (Å²) in [4.78, 5) is 37.7. The minimum absolute atomic E-state index is 0.0216. The molecule has 3 aromatic rings. The van der Waals surface area contributed by atoms with Crippen LogP contribution in [0.5, 0.6) is 0 Å². The van der Waals surface area contributed by atoms with Crippen LogP contribution in [0, 0.1) is 5.92 Å². The highest BCUT2D eigenvalue weighted by Gasteiger charge is 2.27. The number of hydrogen-bond acceptors (Lipinski definition) is 7. The molecule has 1 aromatic heterocycles. The lowest BCUT2D eigenvalue weighted by Gasteiger charge is -2.22. The number of amides is 2. The van der Waals surface area contributed by atoms with E-state index in [0.29, 0.717) is 46.0 Å². The lowest BCUT2D eigenvalue weighted by molar-refractivity contribution is -0.113. The maximum Gasteiger partial charge on any atom is 0.338 e. The number of benzene rings is 2. The summed E-state index contributed by atoms with van der Waals surface area (Å²) in [5, 5.41) is 15.4. The Bertz CT molecular complexity index is 1280. The van der Waals surface area contributed by atoms with Gasteiger partial charge in [0.1, 0.15) is 0 Å². The van der Waals surface area contributed by atoms with Crippen molar-refractivity contribution in [3.63, 3.8) is 0 Å². The monoisotopic (exact) mass is 557 g/mol. The molecule has 0 aliphatic heterocycles. The van der Waals surface area contributed by atoms with Crippen molar-refractivity contribution in [1.82, 2.24) is 20.1 Å². The number of thioether (sulfide) groups is 1. The fourth-order valence-electron chi connectivity index (χ4n) is 3.66. The van der Waals surface area contributed by atoms with E-state index in [2.05, 4.69) is 20.8 Å². The molecule has 0 unspecified atom stereocenters. The van der Waals surface area contributed by atoms with Crippen molar-refractivity contribution in [3.8, 4) is 0 Å². The van der Waals surface area contributed by atoms with Crippen molar-refractivity contribution < 1.29 is 19.1 Å². The number of nitrogens with zero attached hydrogens (tertiary/aromatic N) is 3. The van der Waals surface area contributed by atoms with Gasteiger partial charge in [0.15, 0.2) is 11.0 Å². The quantitative estimate of drug-likeness (QED) is 0.227. The molecule has 0 fully saturated rings. The molecular formula is C27H32ClN5O4S. The molecule has 11 heteroatoms. The highest BCUT2D eigenvalue weighted by molar-refractivity contribution is 7.99. The average molecular weight is 558 g/mol. The number of rotatable bonds is 12. The number of halogens is 1. The first-order valence-electron chi connectivity index (χ1n) is 12.4. The van der Waals surface area contributed by atoms with Crippen molar-refractivity contribution >= 4 is 46.8 Å². The maximum atomic E-state index is 12.9. The van der Waals surface area contributed by atoms with Crippen LogP contribution in [0.25, 0.3) is 0 Å². The van der Waals surface area contributed by atoms with Crippen molar-refractivity contribution in [2.24, 2.45) is 5.92 Å². The number of anilines is 1. The zero-order chi connectivity index (χ0) is 27.7. The number of carbonyl (C=O) groups is 3. The summed E-state index contributed by atoms with van der Waals surface area (Å²) in [6.45, 7) is 8.74. The molecular weight excluding hydrogens is 526 g/mol. The Labute approximate surface area is 231 Å². The zero-order valence-electron chi connectivity index (χ0n) is 21.9. The van der Waals surface area contributed by atoms with Crippen LogP contribution < -0.4 is 10.6 Å².